The molecule has 0 aliphatic carbocycles. The van der Waals surface area contributed by atoms with Gasteiger partial charge in [0.1, 0.15) is 0 Å². The van der Waals surface area contributed by atoms with Gasteiger partial charge in [0.25, 0.3) is 0 Å². The molecule has 12 rings (SSSR count). The Morgan fingerprint density at radius 1 is 0.286 bits per heavy atom. The van der Waals surface area contributed by atoms with Crippen molar-refractivity contribution in [2.45, 2.75) is 0 Å². The summed E-state index contributed by atoms with van der Waals surface area (Å²) in [6.07, 6.45) is 0. The maximum atomic E-state index is 4.97. The number of hydrogen-bond acceptors (Lipinski definition) is 2. The van der Waals surface area contributed by atoms with Crippen molar-refractivity contribution in [2.75, 3.05) is 0 Å². The topological polar surface area (TPSA) is 77.6 Å². The van der Waals surface area contributed by atoms with Crippen LogP contribution in [0.3, 0.4) is 0 Å². The Kier molecular flexibility index (Phi) is 10.8. The summed E-state index contributed by atoms with van der Waals surface area (Å²) in [7, 11) is 0. The van der Waals surface area contributed by atoms with Crippen molar-refractivity contribution < 1.29 is 19.5 Å². The molecule has 0 N–H and O–H groups in total. The zero-order valence-electron chi connectivity index (χ0n) is 34.2. The molecule has 0 saturated carbocycles. The first-order chi connectivity index (χ1) is 30.8. The zero-order chi connectivity index (χ0) is 41.2. The van der Waals surface area contributed by atoms with Gasteiger partial charge < -0.3 is 20.0 Å². The van der Waals surface area contributed by atoms with E-state index in [1.54, 1.807) is 0 Å². The Morgan fingerprint density at radius 3 is 0.937 bits per heavy atom. The van der Waals surface area contributed by atoms with Crippen LogP contribution in [0.2, 0.25) is 0 Å². The first-order valence-corrected chi connectivity index (χ1v) is 20.6. The monoisotopic (exact) mass is 856 g/mol. The van der Waals surface area contributed by atoms with Crippen LogP contribution in [-0.2, 0) is 19.5 Å². The third kappa shape index (κ3) is 7.50. The molecule has 0 radical (unpaired) electrons. The van der Waals surface area contributed by atoms with Crippen LogP contribution in [0.1, 0.15) is 33.4 Å². The SMILES string of the molecule is [Zn+2].c1ccc(C2=NC(=Nc3[n-]c(-c4ccccc4)c4ccccc34)c3ccccc32)cc1.c1ccc(C2=NC(=Nc3[n-]c(-c4ccccc4)c4ccccc34)c3ccccc32)cc1. The number of benzene rings is 8. The van der Waals surface area contributed by atoms with Crippen LogP contribution in [0.5, 0.6) is 0 Å². The minimum Gasteiger partial charge on any atom is -0.435 e. The number of aliphatic imine (C=N–C) groups is 4. The predicted molar refractivity (Wildman–Crippen MR) is 255 cm³/mol. The summed E-state index contributed by atoms with van der Waals surface area (Å²) >= 11 is 0. The van der Waals surface area contributed by atoms with E-state index in [0.717, 1.165) is 88.9 Å². The Balaban J connectivity index is 0.000000147. The minimum absolute atomic E-state index is 0. The first-order valence-electron chi connectivity index (χ1n) is 20.6. The van der Waals surface area contributed by atoms with Crippen LogP contribution >= 0.6 is 0 Å². The van der Waals surface area contributed by atoms with E-state index in [-0.39, 0.29) is 19.5 Å². The van der Waals surface area contributed by atoms with E-state index in [9.17, 15) is 0 Å². The molecule has 0 spiro atoms. The van der Waals surface area contributed by atoms with E-state index >= 15 is 0 Å². The summed E-state index contributed by atoms with van der Waals surface area (Å²) in [6, 6.07) is 74.1. The van der Waals surface area contributed by atoms with Crippen LogP contribution in [-0.4, -0.2) is 23.1 Å². The second kappa shape index (κ2) is 17.3. The van der Waals surface area contributed by atoms with Gasteiger partial charge in [0.05, 0.1) is 23.1 Å². The number of fused-ring (bicyclic) bond motifs is 4. The van der Waals surface area contributed by atoms with Crippen LogP contribution in [0.4, 0.5) is 11.6 Å². The molecule has 0 atom stereocenters. The molecule has 7 heteroatoms. The quantitative estimate of drug-likeness (QED) is 0.156. The summed E-state index contributed by atoms with van der Waals surface area (Å²) in [6.45, 7) is 0. The molecule has 0 fully saturated rings. The molecule has 6 nitrogen and oxygen atoms in total. The largest absolute Gasteiger partial charge is 2.00 e. The number of aromatic nitrogens is 2. The Hall–Kier alpha value is -7.86. The fourth-order valence-corrected chi connectivity index (χ4v) is 8.25. The maximum absolute atomic E-state index is 4.97. The van der Waals surface area contributed by atoms with Crippen molar-refractivity contribution in [3.63, 3.8) is 0 Å². The van der Waals surface area contributed by atoms with Gasteiger partial charge in [-0.1, -0.05) is 218 Å². The smallest absolute Gasteiger partial charge is 0.435 e. The summed E-state index contributed by atoms with van der Waals surface area (Å²) in [4.78, 5) is 29.7. The number of nitrogens with zero attached hydrogens (tertiary/aromatic N) is 6. The summed E-state index contributed by atoms with van der Waals surface area (Å²) in [5, 5.41) is 4.28. The molecular weight excluding hydrogens is 822 g/mol. The molecular formula is C56H36N6Zn. The Bertz CT molecular complexity index is 3150. The Labute approximate surface area is 378 Å². The molecule has 63 heavy (non-hydrogen) atoms. The molecule has 0 bridgehead atoms. The molecule has 0 unspecified atom stereocenters. The van der Waals surface area contributed by atoms with Crippen molar-refractivity contribution in [3.05, 3.63) is 252 Å². The molecule has 0 saturated heterocycles. The van der Waals surface area contributed by atoms with Gasteiger partial charge in [0, 0.05) is 33.4 Å². The standard InChI is InChI=1S/2C28H18N3.Zn/c2*1-3-11-19(12-4-1)25-21-15-7-9-17-23(21)27(29-25)31-28-24-18-10-8-16-22(24)26(30-28)20-13-5-2-6-14-20;/h2*1-18H;/q2*-1;+2. The van der Waals surface area contributed by atoms with Gasteiger partial charge in [-0.3, -0.25) is 9.98 Å². The predicted octanol–water partition coefficient (Wildman–Crippen LogP) is 12.8. The minimum atomic E-state index is 0. The number of hydrogen-bond donors (Lipinski definition) is 0. The van der Waals surface area contributed by atoms with E-state index in [1.807, 2.05) is 121 Å². The molecule has 8 aromatic carbocycles. The van der Waals surface area contributed by atoms with Gasteiger partial charge in [-0.05, 0) is 55.7 Å². The first kappa shape index (κ1) is 39.3. The van der Waals surface area contributed by atoms with Crippen LogP contribution in [0.15, 0.2) is 238 Å². The molecule has 10 aromatic rings. The van der Waals surface area contributed by atoms with Gasteiger partial charge >= 0.3 is 19.5 Å². The molecule has 4 heterocycles. The van der Waals surface area contributed by atoms with Gasteiger partial charge in [-0.15, -0.1) is 0 Å². The second-order valence-electron chi connectivity index (χ2n) is 15.0. The van der Waals surface area contributed by atoms with Crippen molar-refractivity contribution in [1.29, 1.82) is 0 Å². The number of amidine groups is 2. The molecule has 2 aromatic heterocycles. The van der Waals surface area contributed by atoms with Crippen LogP contribution < -0.4 is 9.97 Å². The zero-order valence-corrected chi connectivity index (χ0v) is 37.1. The summed E-state index contributed by atoms with van der Waals surface area (Å²) in [5.41, 5.74) is 12.4. The summed E-state index contributed by atoms with van der Waals surface area (Å²) in [5.74, 6) is 2.82. The second-order valence-corrected chi connectivity index (χ2v) is 15.0. The molecule has 0 amide bonds. The van der Waals surface area contributed by atoms with Gasteiger partial charge in [-0.2, -0.15) is 0 Å². The maximum Gasteiger partial charge on any atom is 2.00 e. The fraction of sp³-hybridized carbons (Fsp3) is 0. The van der Waals surface area contributed by atoms with Crippen molar-refractivity contribution in [1.82, 2.24) is 9.97 Å². The van der Waals surface area contributed by atoms with Gasteiger partial charge in [0.2, 0.25) is 0 Å². The van der Waals surface area contributed by atoms with E-state index in [0.29, 0.717) is 23.3 Å². The van der Waals surface area contributed by atoms with Crippen molar-refractivity contribution >= 4 is 56.3 Å². The number of rotatable bonds is 6. The van der Waals surface area contributed by atoms with E-state index in [2.05, 4.69) is 97.1 Å². The van der Waals surface area contributed by atoms with Crippen LogP contribution in [0, 0.1) is 0 Å². The van der Waals surface area contributed by atoms with E-state index < -0.39 is 0 Å². The Morgan fingerprint density at radius 2 is 0.571 bits per heavy atom. The third-order valence-electron chi connectivity index (χ3n) is 11.2. The van der Waals surface area contributed by atoms with E-state index in [1.165, 1.54) is 0 Å². The molecule has 2 aliphatic rings. The normalized spacial score (nSPS) is 13.8. The fourth-order valence-electron chi connectivity index (χ4n) is 8.25. The van der Waals surface area contributed by atoms with Gasteiger partial charge in [0.15, 0.2) is 0 Å². The van der Waals surface area contributed by atoms with Crippen LogP contribution in [0.25, 0.3) is 44.1 Å². The van der Waals surface area contributed by atoms with E-state index in [4.69, 9.17) is 29.9 Å². The molecule has 2 aliphatic heterocycles. The van der Waals surface area contributed by atoms with Crippen molar-refractivity contribution in [3.8, 4) is 22.5 Å². The van der Waals surface area contributed by atoms with Gasteiger partial charge in [-0.25, -0.2) is 0 Å². The average molecular weight is 858 g/mol. The summed E-state index contributed by atoms with van der Waals surface area (Å²) < 4.78 is 0. The third-order valence-corrected chi connectivity index (χ3v) is 11.2. The van der Waals surface area contributed by atoms with Crippen molar-refractivity contribution in [2.24, 2.45) is 20.0 Å². The molecule has 292 valence electrons. The average Bonchev–Trinajstić information content (AvgIpc) is 4.12.